The smallest absolute Gasteiger partial charge is 0.255 e. The lowest BCUT2D eigenvalue weighted by Crippen LogP contribution is -2.44. The Morgan fingerprint density at radius 2 is 1.83 bits per heavy atom. The largest absolute Gasteiger partial charge is 0.497 e. The maximum absolute atomic E-state index is 13.2. The lowest BCUT2D eigenvalue weighted by Gasteiger charge is -2.29. The molecule has 0 bridgehead atoms. The molecule has 2 amide bonds. The van der Waals surface area contributed by atoms with Crippen molar-refractivity contribution in [2.24, 2.45) is 5.92 Å². The molecular formula is C26H31N5O5. The van der Waals surface area contributed by atoms with E-state index in [2.05, 4.69) is 25.6 Å². The number of amides is 2. The van der Waals surface area contributed by atoms with E-state index in [1.165, 1.54) is 19.2 Å². The first-order valence-electron chi connectivity index (χ1n) is 12.4. The molecule has 0 radical (unpaired) electrons. The lowest BCUT2D eigenvalue weighted by atomic mass is 9.91. The van der Waals surface area contributed by atoms with Gasteiger partial charge >= 0.3 is 0 Å². The molecule has 2 fully saturated rings. The van der Waals surface area contributed by atoms with Gasteiger partial charge in [0.25, 0.3) is 5.91 Å². The molecule has 2 saturated carbocycles. The number of aliphatic hydroxyl groups excluding tert-OH is 1. The highest BCUT2D eigenvalue weighted by molar-refractivity contribution is 6.08. The number of carbonyl (C=O) groups excluding carboxylic acids is 2. The number of H-pyrrole nitrogens is 1. The first-order valence-corrected chi connectivity index (χ1v) is 12.4. The van der Waals surface area contributed by atoms with Gasteiger partial charge < -0.3 is 30.2 Å². The Labute approximate surface area is 208 Å². The van der Waals surface area contributed by atoms with Crippen LogP contribution < -0.4 is 20.1 Å². The molecule has 2 heterocycles. The third-order valence-electron chi connectivity index (χ3n) is 6.89. The number of carbonyl (C=O) groups is 2. The van der Waals surface area contributed by atoms with E-state index in [0.717, 1.165) is 31.2 Å². The van der Waals surface area contributed by atoms with Gasteiger partial charge in [0.2, 0.25) is 5.91 Å². The fourth-order valence-corrected chi connectivity index (χ4v) is 4.67. The molecule has 190 valence electrons. The summed E-state index contributed by atoms with van der Waals surface area (Å²) in [5.41, 5.74) is 3.07. The number of hydrogen-bond acceptors (Lipinski definition) is 7. The van der Waals surface area contributed by atoms with Crippen LogP contribution in [0.15, 0.2) is 30.7 Å². The van der Waals surface area contributed by atoms with Crippen LogP contribution in [0.2, 0.25) is 0 Å². The summed E-state index contributed by atoms with van der Waals surface area (Å²) in [6.45, 7) is 0.156. The first-order chi connectivity index (χ1) is 17.6. The molecule has 5 rings (SSSR count). The van der Waals surface area contributed by atoms with Gasteiger partial charge in [0, 0.05) is 23.8 Å². The third kappa shape index (κ3) is 5.28. The third-order valence-corrected chi connectivity index (χ3v) is 6.89. The van der Waals surface area contributed by atoms with Crippen molar-refractivity contribution >= 4 is 22.8 Å². The number of rotatable bonds is 9. The molecule has 2 aromatic heterocycles. The van der Waals surface area contributed by atoms with E-state index in [1.54, 1.807) is 13.3 Å². The molecule has 4 N–H and O–H groups in total. The Morgan fingerprint density at radius 1 is 1.08 bits per heavy atom. The van der Waals surface area contributed by atoms with Crippen LogP contribution in [0.3, 0.4) is 0 Å². The van der Waals surface area contributed by atoms with E-state index in [-0.39, 0.29) is 23.9 Å². The normalized spacial score (nSPS) is 19.6. The monoisotopic (exact) mass is 493 g/mol. The summed E-state index contributed by atoms with van der Waals surface area (Å²) < 4.78 is 11.5. The van der Waals surface area contributed by atoms with Crippen LogP contribution in [-0.4, -0.2) is 64.3 Å². The fraction of sp³-hybridized carbons (Fsp3) is 0.462. The lowest BCUT2D eigenvalue weighted by molar-refractivity contribution is -0.124. The Hall–Kier alpha value is -3.66. The van der Waals surface area contributed by atoms with Gasteiger partial charge in [-0.1, -0.05) is 0 Å². The summed E-state index contributed by atoms with van der Waals surface area (Å²) >= 11 is 0. The summed E-state index contributed by atoms with van der Waals surface area (Å²) in [5, 5.41) is 14.8. The minimum Gasteiger partial charge on any atom is -0.497 e. The number of methoxy groups -OCH3 is 1. The van der Waals surface area contributed by atoms with Gasteiger partial charge in [-0.05, 0) is 62.6 Å². The Balaban J connectivity index is 1.34. The van der Waals surface area contributed by atoms with Crippen LogP contribution in [0.1, 0.15) is 48.9 Å². The minimum atomic E-state index is -0.509. The van der Waals surface area contributed by atoms with E-state index >= 15 is 0 Å². The molecule has 3 aromatic rings. The number of aromatic amines is 1. The summed E-state index contributed by atoms with van der Waals surface area (Å²) in [7, 11) is 1.62. The zero-order chi connectivity index (χ0) is 25.1. The van der Waals surface area contributed by atoms with Gasteiger partial charge in [-0.15, -0.1) is 0 Å². The standard InChI is InChI=1S/C26H31N5O5/c1-35-18-8-9-21(36-13-15-2-3-15)19(10-18)23-25-24(29-14-28-23)20(11-27-25)26(34)31-17-6-4-16(5-7-17)30-22(33)12-32/h8-11,14-17,27,32H,2-7,12-13H2,1H3,(H,30,33)(H,31,34). The predicted octanol–water partition coefficient (Wildman–Crippen LogP) is 2.57. The van der Waals surface area contributed by atoms with Gasteiger partial charge in [0.05, 0.1) is 24.8 Å². The van der Waals surface area contributed by atoms with E-state index in [4.69, 9.17) is 14.6 Å². The topological polar surface area (TPSA) is 138 Å². The molecule has 10 nitrogen and oxygen atoms in total. The van der Waals surface area contributed by atoms with Crippen molar-refractivity contribution in [3.05, 3.63) is 36.3 Å². The van der Waals surface area contributed by atoms with Crippen molar-refractivity contribution in [3.63, 3.8) is 0 Å². The highest BCUT2D eigenvalue weighted by Gasteiger charge is 2.26. The van der Waals surface area contributed by atoms with Crippen LogP contribution in [-0.2, 0) is 4.79 Å². The molecule has 2 aliphatic carbocycles. The zero-order valence-electron chi connectivity index (χ0n) is 20.3. The van der Waals surface area contributed by atoms with Crippen LogP contribution in [0.5, 0.6) is 11.5 Å². The van der Waals surface area contributed by atoms with E-state index in [9.17, 15) is 9.59 Å². The van der Waals surface area contributed by atoms with Crippen molar-refractivity contribution < 1.29 is 24.2 Å². The second-order valence-corrected chi connectivity index (χ2v) is 9.51. The fourth-order valence-electron chi connectivity index (χ4n) is 4.67. The van der Waals surface area contributed by atoms with Crippen LogP contribution >= 0.6 is 0 Å². The molecule has 10 heteroatoms. The molecule has 1 aromatic carbocycles. The van der Waals surface area contributed by atoms with Crippen molar-refractivity contribution in [1.82, 2.24) is 25.6 Å². The first kappa shape index (κ1) is 24.1. The number of hydrogen-bond donors (Lipinski definition) is 4. The average Bonchev–Trinajstić information content (AvgIpc) is 3.63. The van der Waals surface area contributed by atoms with Gasteiger partial charge in [-0.2, -0.15) is 0 Å². The number of aliphatic hydroxyl groups is 1. The number of benzene rings is 1. The maximum atomic E-state index is 13.2. The maximum Gasteiger partial charge on any atom is 0.255 e. The van der Waals surface area contributed by atoms with Crippen LogP contribution in [0.4, 0.5) is 0 Å². The van der Waals surface area contributed by atoms with Crippen LogP contribution in [0.25, 0.3) is 22.3 Å². The Kier molecular flexibility index (Phi) is 7.04. The summed E-state index contributed by atoms with van der Waals surface area (Å²) in [4.78, 5) is 36.7. The highest BCUT2D eigenvalue weighted by Crippen LogP contribution is 2.37. The molecule has 0 saturated heterocycles. The molecule has 0 aliphatic heterocycles. The second kappa shape index (κ2) is 10.5. The van der Waals surface area contributed by atoms with Gasteiger partial charge in [0.1, 0.15) is 35.6 Å². The number of aromatic nitrogens is 3. The molecule has 36 heavy (non-hydrogen) atoms. The Bertz CT molecular complexity index is 1250. The highest BCUT2D eigenvalue weighted by atomic mass is 16.5. The van der Waals surface area contributed by atoms with E-state index in [0.29, 0.717) is 46.3 Å². The van der Waals surface area contributed by atoms with Crippen molar-refractivity contribution in [1.29, 1.82) is 0 Å². The molecule has 0 unspecified atom stereocenters. The van der Waals surface area contributed by atoms with Gasteiger partial charge in [-0.25, -0.2) is 9.97 Å². The SMILES string of the molecule is COc1ccc(OCC2CC2)c(-c2ncnc3c(C(=O)NC4CCC(NC(=O)CO)CC4)c[nH]c23)c1. The zero-order valence-corrected chi connectivity index (χ0v) is 20.3. The molecule has 0 atom stereocenters. The van der Waals surface area contributed by atoms with E-state index in [1.807, 2.05) is 18.2 Å². The van der Waals surface area contributed by atoms with Crippen LogP contribution in [0, 0.1) is 5.92 Å². The minimum absolute atomic E-state index is 0.00634. The average molecular weight is 494 g/mol. The van der Waals surface area contributed by atoms with Crippen molar-refractivity contribution in [2.75, 3.05) is 20.3 Å². The quantitative estimate of drug-likeness (QED) is 0.359. The van der Waals surface area contributed by atoms with Gasteiger partial charge in [0.15, 0.2) is 0 Å². The number of nitrogens with zero attached hydrogens (tertiary/aromatic N) is 2. The van der Waals surface area contributed by atoms with E-state index < -0.39 is 6.61 Å². The summed E-state index contributed by atoms with van der Waals surface area (Å²) in [6.07, 6.45) is 8.49. The molecule has 0 spiro atoms. The molecular weight excluding hydrogens is 462 g/mol. The number of fused-ring (bicyclic) bond motifs is 1. The predicted molar refractivity (Wildman–Crippen MR) is 133 cm³/mol. The number of ether oxygens (including phenoxy) is 2. The molecule has 2 aliphatic rings. The second-order valence-electron chi connectivity index (χ2n) is 9.51. The Morgan fingerprint density at radius 3 is 2.53 bits per heavy atom. The summed E-state index contributed by atoms with van der Waals surface area (Å²) in [6, 6.07) is 5.67. The van der Waals surface area contributed by atoms with Crippen molar-refractivity contribution in [2.45, 2.75) is 50.6 Å². The van der Waals surface area contributed by atoms with Crippen molar-refractivity contribution in [3.8, 4) is 22.8 Å². The summed E-state index contributed by atoms with van der Waals surface area (Å²) in [5.74, 6) is 1.44. The van der Waals surface area contributed by atoms with Gasteiger partial charge in [-0.3, -0.25) is 9.59 Å². The number of nitrogens with one attached hydrogen (secondary N) is 3.